The predicted octanol–water partition coefficient (Wildman–Crippen LogP) is 1.20. The van der Waals surface area contributed by atoms with Crippen molar-refractivity contribution >= 4 is 11.6 Å². The number of fused-ring (bicyclic) bond motifs is 1. The van der Waals surface area contributed by atoms with E-state index in [4.69, 9.17) is 5.73 Å². The Morgan fingerprint density at radius 2 is 1.95 bits per heavy atom. The molecule has 0 spiro atoms. The molecule has 0 aliphatic heterocycles. The van der Waals surface area contributed by atoms with Crippen LogP contribution in [0, 0.1) is 0 Å². The molecule has 2 heterocycles. The number of carbonyl (C=O) groups is 1. The van der Waals surface area contributed by atoms with Crippen LogP contribution in [0.3, 0.4) is 0 Å². The van der Waals surface area contributed by atoms with Gasteiger partial charge in [0.15, 0.2) is 5.65 Å². The van der Waals surface area contributed by atoms with Crippen LogP contribution in [0.5, 0.6) is 5.75 Å². The van der Waals surface area contributed by atoms with E-state index < -0.39 is 5.91 Å². The van der Waals surface area contributed by atoms with E-state index in [0.717, 1.165) is 5.56 Å². The number of aromatic hydroxyl groups is 1. The largest absolute Gasteiger partial charge is 0.508 e. The van der Waals surface area contributed by atoms with E-state index in [2.05, 4.69) is 10.1 Å². The number of hydrogen-bond donors (Lipinski definition) is 2. The van der Waals surface area contributed by atoms with Crippen LogP contribution in [0.2, 0.25) is 0 Å². The molecule has 1 amide bonds. The van der Waals surface area contributed by atoms with E-state index in [9.17, 15) is 9.90 Å². The van der Waals surface area contributed by atoms with Crippen LogP contribution in [0.25, 0.3) is 16.8 Å². The second-order valence-corrected chi connectivity index (χ2v) is 4.04. The highest BCUT2D eigenvalue weighted by Crippen LogP contribution is 2.28. The van der Waals surface area contributed by atoms with Crippen molar-refractivity contribution in [2.75, 3.05) is 0 Å². The number of nitrogens with two attached hydrogens (primary N) is 1. The van der Waals surface area contributed by atoms with Crippen molar-refractivity contribution in [2.24, 2.45) is 5.73 Å². The maximum absolute atomic E-state index is 11.5. The molecule has 0 bridgehead atoms. The molecular weight excluding hydrogens is 244 g/mol. The molecule has 94 valence electrons. The minimum Gasteiger partial charge on any atom is -0.508 e. The number of pyridine rings is 1. The summed E-state index contributed by atoms with van der Waals surface area (Å²) in [5, 5.41) is 13.4. The smallest absolute Gasteiger partial charge is 0.249 e. The second-order valence-electron chi connectivity index (χ2n) is 4.04. The summed E-state index contributed by atoms with van der Waals surface area (Å²) >= 11 is 0. The first kappa shape index (κ1) is 11.2. The van der Waals surface area contributed by atoms with Crippen LogP contribution in [-0.4, -0.2) is 25.6 Å². The van der Waals surface area contributed by atoms with Crippen LogP contribution >= 0.6 is 0 Å². The summed E-state index contributed by atoms with van der Waals surface area (Å²) in [5.74, 6) is -0.383. The highest BCUT2D eigenvalue weighted by molar-refractivity contribution is 6.03. The molecule has 0 saturated heterocycles. The number of aromatic nitrogens is 3. The van der Waals surface area contributed by atoms with E-state index in [1.54, 1.807) is 41.0 Å². The van der Waals surface area contributed by atoms with Crippen LogP contribution < -0.4 is 5.73 Å². The fraction of sp³-hybridized carbons (Fsp3) is 0. The first-order chi connectivity index (χ1) is 9.16. The van der Waals surface area contributed by atoms with E-state index >= 15 is 0 Å². The monoisotopic (exact) mass is 254 g/mol. The molecule has 3 rings (SSSR count). The van der Waals surface area contributed by atoms with Gasteiger partial charge in [-0.2, -0.15) is 5.10 Å². The zero-order valence-electron chi connectivity index (χ0n) is 9.82. The number of phenols is 1. The number of benzene rings is 1. The minimum atomic E-state index is -0.534. The first-order valence-corrected chi connectivity index (χ1v) is 5.58. The number of primary amides is 1. The van der Waals surface area contributed by atoms with Gasteiger partial charge < -0.3 is 10.8 Å². The van der Waals surface area contributed by atoms with Crippen molar-refractivity contribution < 1.29 is 9.90 Å². The Balaban J connectivity index is 2.35. The lowest BCUT2D eigenvalue weighted by atomic mass is 10.0. The highest BCUT2D eigenvalue weighted by atomic mass is 16.3. The molecule has 0 fully saturated rings. The van der Waals surface area contributed by atoms with Crippen molar-refractivity contribution in [1.29, 1.82) is 0 Å². The van der Waals surface area contributed by atoms with Gasteiger partial charge in [-0.25, -0.2) is 9.50 Å². The van der Waals surface area contributed by atoms with Crippen LogP contribution in [0.1, 0.15) is 10.4 Å². The van der Waals surface area contributed by atoms with Crippen LogP contribution in [0.15, 0.2) is 42.9 Å². The standard InChI is InChI=1S/C13H10N4O2/c14-12(19)10-5-6-17-13(15-7-16-17)11(10)8-1-3-9(18)4-2-8/h1-7,18H,(H2,14,19). The van der Waals surface area contributed by atoms with Gasteiger partial charge >= 0.3 is 0 Å². The summed E-state index contributed by atoms with van der Waals surface area (Å²) in [7, 11) is 0. The number of phenolic OH excluding ortho intramolecular Hbond substituents is 1. The van der Waals surface area contributed by atoms with E-state index in [0.29, 0.717) is 16.8 Å². The average Bonchev–Trinajstić information content (AvgIpc) is 2.86. The lowest BCUT2D eigenvalue weighted by molar-refractivity contribution is 0.100. The quantitative estimate of drug-likeness (QED) is 0.718. The predicted molar refractivity (Wildman–Crippen MR) is 68.6 cm³/mol. The van der Waals surface area contributed by atoms with Gasteiger partial charge in [-0.1, -0.05) is 12.1 Å². The Morgan fingerprint density at radius 1 is 1.21 bits per heavy atom. The van der Waals surface area contributed by atoms with Crippen LogP contribution in [-0.2, 0) is 0 Å². The molecule has 1 aromatic carbocycles. The molecular formula is C13H10N4O2. The van der Waals surface area contributed by atoms with Gasteiger partial charge in [0.2, 0.25) is 5.91 Å². The van der Waals surface area contributed by atoms with Crippen molar-refractivity contribution in [3.8, 4) is 16.9 Å². The van der Waals surface area contributed by atoms with E-state index in [1.807, 2.05) is 0 Å². The third-order valence-electron chi connectivity index (χ3n) is 2.87. The zero-order valence-corrected chi connectivity index (χ0v) is 9.82. The van der Waals surface area contributed by atoms with Gasteiger partial charge in [0.1, 0.15) is 12.1 Å². The maximum Gasteiger partial charge on any atom is 0.249 e. The van der Waals surface area contributed by atoms with Crippen molar-refractivity contribution in [2.45, 2.75) is 0 Å². The average molecular weight is 254 g/mol. The zero-order chi connectivity index (χ0) is 13.4. The Hall–Kier alpha value is -2.89. The molecule has 0 radical (unpaired) electrons. The van der Waals surface area contributed by atoms with Gasteiger partial charge in [-0.3, -0.25) is 4.79 Å². The van der Waals surface area contributed by atoms with Gasteiger partial charge in [0.05, 0.1) is 5.56 Å². The summed E-state index contributed by atoms with van der Waals surface area (Å²) in [6.45, 7) is 0. The fourth-order valence-electron chi connectivity index (χ4n) is 2.01. The maximum atomic E-state index is 11.5. The lowest BCUT2D eigenvalue weighted by Crippen LogP contribution is -2.13. The Labute approximate surface area is 108 Å². The summed E-state index contributed by atoms with van der Waals surface area (Å²) in [6.07, 6.45) is 3.04. The third-order valence-corrected chi connectivity index (χ3v) is 2.87. The Bertz CT molecular complexity index is 762. The van der Waals surface area contributed by atoms with E-state index in [1.165, 1.54) is 6.33 Å². The molecule has 0 unspecified atom stereocenters. The van der Waals surface area contributed by atoms with Gasteiger partial charge in [-0.05, 0) is 23.8 Å². The summed E-state index contributed by atoms with van der Waals surface area (Å²) in [6, 6.07) is 8.09. The van der Waals surface area contributed by atoms with E-state index in [-0.39, 0.29) is 5.75 Å². The second kappa shape index (κ2) is 4.09. The third kappa shape index (κ3) is 1.79. The van der Waals surface area contributed by atoms with Gasteiger partial charge in [0, 0.05) is 11.8 Å². The molecule has 0 aliphatic rings. The van der Waals surface area contributed by atoms with Crippen LogP contribution in [0.4, 0.5) is 0 Å². The molecule has 2 aromatic heterocycles. The van der Waals surface area contributed by atoms with Crippen molar-refractivity contribution in [1.82, 2.24) is 14.6 Å². The molecule has 0 saturated carbocycles. The number of nitrogens with zero attached hydrogens (tertiary/aromatic N) is 3. The number of amides is 1. The normalized spacial score (nSPS) is 10.7. The SMILES string of the molecule is NC(=O)c1ccn2ncnc2c1-c1ccc(O)cc1. The molecule has 0 aliphatic carbocycles. The van der Waals surface area contributed by atoms with Crippen molar-refractivity contribution in [3.05, 3.63) is 48.4 Å². The molecule has 6 heteroatoms. The number of carbonyl (C=O) groups excluding carboxylic acids is 1. The first-order valence-electron chi connectivity index (χ1n) is 5.58. The molecule has 0 atom stereocenters. The molecule has 19 heavy (non-hydrogen) atoms. The molecule has 6 nitrogen and oxygen atoms in total. The topological polar surface area (TPSA) is 93.5 Å². The number of rotatable bonds is 2. The molecule has 3 aromatic rings. The van der Waals surface area contributed by atoms with Gasteiger partial charge in [-0.15, -0.1) is 0 Å². The summed E-state index contributed by atoms with van der Waals surface area (Å²) in [4.78, 5) is 15.7. The summed E-state index contributed by atoms with van der Waals surface area (Å²) < 4.78 is 1.56. The van der Waals surface area contributed by atoms with Crippen molar-refractivity contribution in [3.63, 3.8) is 0 Å². The summed E-state index contributed by atoms with van der Waals surface area (Å²) in [5.41, 5.74) is 7.65. The van der Waals surface area contributed by atoms with Gasteiger partial charge in [0.25, 0.3) is 0 Å². The highest BCUT2D eigenvalue weighted by Gasteiger charge is 2.15. The minimum absolute atomic E-state index is 0.151. The Morgan fingerprint density at radius 3 is 2.63 bits per heavy atom. The fourth-order valence-corrected chi connectivity index (χ4v) is 2.01. The Kier molecular flexibility index (Phi) is 2.42. The molecule has 3 N–H and O–H groups in total. The lowest BCUT2D eigenvalue weighted by Gasteiger charge is -2.08. The number of hydrogen-bond acceptors (Lipinski definition) is 4.